The van der Waals surface area contributed by atoms with Crippen LogP contribution in [0.15, 0.2) is 0 Å². The second-order valence-corrected chi connectivity index (χ2v) is 3.84. The molecule has 5 nitrogen and oxygen atoms in total. The fourth-order valence-electron chi connectivity index (χ4n) is 2.38. The van der Waals surface area contributed by atoms with Crippen molar-refractivity contribution < 1.29 is 14.3 Å². The van der Waals surface area contributed by atoms with Gasteiger partial charge in [0.05, 0.1) is 13.2 Å². The number of nitrogens with one attached hydrogen (secondary N) is 1. The topological polar surface area (TPSA) is 58.6 Å². The molecular weight excluding hydrogens is 183 g/mol. The summed E-state index contributed by atoms with van der Waals surface area (Å²) in [5.41, 5.74) is 0. The second-order valence-electron chi connectivity index (χ2n) is 3.84. The minimum Gasteiger partial charge on any atom is -0.468 e. The van der Waals surface area contributed by atoms with Gasteiger partial charge >= 0.3 is 5.97 Å². The van der Waals surface area contributed by atoms with Crippen molar-refractivity contribution in [3.05, 3.63) is 0 Å². The van der Waals surface area contributed by atoms with Gasteiger partial charge in [-0.05, 0) is 6.42 Å². The maximum atomic E-state index is 11.3. The van der Waals surface area contributed by atoms with Crippen molar-refractivity contribution in [3.63, 3.8) is 0 Å². The van der Waals surface area contributed by atoms with Gasteiger partial charge in [-0.25, -0.2) is 0 Å². The fourth-order valence-corrected chi connectivity index (χ4v) is 2.38. The number of esters is 1. The average molecular weight is 196 g/mol. The summed E-state index contributed by atoms with van der Waals surface area (Å²) >= 11 is 0. The highest BCUT2D eigenvalue weighted by atomic mass is 16.5. The zero-order chi connectivity index (χ0) is 10.3. The van der Waals surface area contributed by atoms with Crippen LogP contribution in [0.2, 0.25) is 0 Å². The van der Waals surface area contributed by atoms with E-state index in [1.165, 1.54) is 15.0 Å². The minimum atomic E-state index is -0.331. The standard InChI is InChI=1S/C8H13BN2O3/c1-14-7(12)6-5-2-4(10-6)3-11(5)8(9)13/h4-6,10H,2-3,9H2,1H3/t4?,5?,6-/m0/s1. The van der Waals surface area contributed by atoms with Crippen LogP contribution in [0.25, 0.3) is 0 Å². The van der Waals surface area contributed by atoms with Crippen molar-refractivity contribution in [2.45, 2.75) is 24.5 Å². The first-order chi connectivity index (χ1) is 6.63. The van der Waals surface area contributed by atoms with E-state index in [9.17, 15) is 9.59 Å². The quantitative estimate of drug-likeness (QED) is 0.402. The number of methoxy groups -OCH3 is 1. The van der Waals surface area contributed by atoms with Crippen molar-refractivity contribution in [1.29, 1.82) is 0 Å². The highest BCUT2D eigenvalue weighted by Crippen LogP contribution is 2.28. The molecule has 0 aromatic rings. The number of rotatable bonds is 1. The number of carbonyl (C=O) groups is 2. The fraction of sp³-hybridized carbons (Fsp3) is 0.750. The third-order valence-corrected chi connectivity index (χ3v) is 3.00. The number of hydrogen-bond acceptors (Lipinski definition) is 4. The zero-order valence-electron chi connectivity index (χ0n) is 8.32. The number of hydrogen-bond donors (Lipinski definition) is 1. The molecule has 2 fully saturated rings. The number of amides is 1. The molecule has 14 heavy (non-hydrogen) atoms. The molecule has 2 unspecified atom stereocenters. The van der Waals surface area contributed by atoms with Gasteiger partial charge in [0.1, 0.15) is 6.04 Å². The van der Waals surface area contributed by atoms with Crippen LogP contribution in [0.4, 0.5) is 4.79 Å². The van der Waals surface area contributed by atoms with Crippen LogP contribution in [0.3, 0.4) is 0 Å². The molecule has 0 aromatic heterocycles. The third kappa shape index (κ3) is 1.30. The molecule has 2 bridgehead atoms. The van der Waals surface area contributed by atoms with Gasteiger partial charge in [0.2, 0.25) is 7.85 Å². The molecule has 2 heterocycles. The minimum absolute atomic E-state index is 0.00931. The first-order valence-corrected chi connectivity index (χ1v) is 4.74. The largest absolute Gasteiger partial charge is 0.468 e. The third-order valence-electron chi connectivity index (χ3n) is 3.00. The van der Waals surface area contributed by atoms with Crippen molar-refractivity contribution in [2.75, 3.05) is 13.7 Å². The molecule has 2 rings (SSSR count). The summed E-state index contributed by atoms with van der Waals surface area (Å²) in [5.74, 6) is -0.239. The van der Waals surface area contributed by atoms with Gasteiger partial charge in [-0.1, -0.05) is 0 Å². The summed E-state index contributed by atoms with van der Waals surface area (Å²) < 4.78 is 4.68. The summed E-state index contributed by atoms with van der Waals surface area (Å²) in [4.78, 5) is 24.3. The number of carbonyl (C=O) groups excluding carboxylic acids is 2. The normalized spacial score (nSPS) is 34.6. The lowest BCUT2D eigenvalue weighted by molar-refractivity contribution is -0.144. The first-order valence-electron chi connectivity index (χ1n) is 4.74. The Morgan fingerprint density at radius 3 is 2.79 bits per heavy atom. The summed E-state index contributed by atoms with van der Waals surface area (Å²) in [6, 6.07) is -0.0828. The van der Waals surface area contributed by atoms with E-state index in [-0.39, 0.29) is 29.9 Å². The molecular formula is C8H13BN2O3. The van der Waals surface area contributed by atoms with Gasteiger partial charge in [-0.2, -0.15) is 0 Å². The molecule has 3 atom stereocenters. The van der Waals surface area contributed by atoms with Gasteiger partial charge in [0.25, 0.3) is 0 Å². The molecule has 1 N–H and O–H groups in total. The lowest BCUT2D eigenvalue weighted by atomic mass is 10.0. The summed E-state index contributed by atoms with van der Waals surface area (Å²) in [7, 11) is 2.91. The Hall–Kier alpha value is -1.04. The number of fused-ring (bicyclic) bond motifs is 2. The van der Waals surface area contributed by atoms with Gasteiger partial charge in [-0.3, -0.25) is 14.9 Å². The maximum Gasteiger partial charge on any atom is 0.325 e. The maximum absolute atomic E-state index is 11.3. The molecule has 2 aliphatic heterocycles. The van der Waals surface area contributed by atoms with Gasteiger partial charge in [0, 0.05) is 12.6 Å². The van der Waals surface area contributed by atoms with Crippen LogP contribution in [0, 0.1) is 0 Å². The smallest absolute Gasteiger partial charge is 0.325 e. The van der Waals surface area contributed by atoms with Gasteiger partial charge < -0.3 is 9.64 Å². The highest BCUT2D eigenvalue weighted by Gasteiger charge is 2.48. The summed E-state index contributed by atoms with van der Waals surface area (Å²) in [6.07, 6.45) is 0.860. The SMILES string of the molecule is BC(=O)N1CC2CC1[C@@H](C(=O)OC)N2. The van der Waals surface area contributed by atoms with Crippen LogP contribution >= 0.6 is 0 Å². The van der Waals surface area contributed by atoms with Crippen LogP contribution in [0.5, 0.6) is 0 Å². The van der Waals surface area contributed by atoms with E-state index < -0.39 is 0 Å². The Morgan fingerprint density at radius 1 is 1.57 bits per heavy atom. The van der Waals surface area contributed by atoms with Crippen molar-refractivity contribution >= 4 is 19.6 Å². The van der Waals surface area contributed by atoms with Crippen molar-refractivity contribution in [1.82, 2.24) is 10.2 Å². The van der Waals surface area contributed by atoms with E-state index in [0.717, 1.165) is 6.42 Å². The van der Waals surface area contributed by atoms with E-state index in [2.05, 4.69) is 10.1 Å². The molecule has 0 aromatic carbocycles. The first kappa shape index (κ1) is 9.52. The van der Waals surface area contributed by atoms with E-state index in [1.807, 2.05) is 0 Å². The molecule has 0 spiro atoms. The Kier molecular flexibility index (Phi) is 2.22. The second kappa shape index (κ2) is 3.27. The molecule has 0 radical (unpaired) electrons. The Morgan fingerprint density at radius 2 is 2.29 bits per heavy atom. The lowest BCUT2D eigenvalue weighted by Crippen LogP contribution is -2.56. The average Bonchev–Trinajstić information content (AvgIpc) is 2.74. The predicted molar refractivity (Wildman–Crippen MR) is 51.8 cm³/mol. The zero-order valence-corrected chi connectivity index (χ0v) is 8.32. The number of nitrogens with zero attached hydrogens (tertiary/aromatic N) is 1. The van der Waals surface area contributed by atoms with E-state index >= 15 is 0 Å². The predicted octanol–water partition coefficient (Wildman–Crippen LogP) is -1.67. The van der Waals surface area contributed by atoms with Crippen molar-refractivity contribution in [3.8, 4) is 0 Å². The summed E-state index contributed by atoms with van der Waals surface area (Å²) in [5, 5.41) is 3.16. The van der Waals surface area contributed by atoms with E-state index in [1.54, 1.807) is 4.90 Å². The molecule has 2 saturated heterocycles. The lowest BCUT2D eigenvalue weighted by Gasteiger charge is -2.31. The molecule has 2 aliphatic rings. The molecule has 0 saturated carbocycles. The van der Waals surface area contributed by atoms with Crippen LogP contribution in [-0.4, -0.2) is 56.3 Å². The van der Waals surface area contributed by atoms with E-state index in [4.69, 9.17) is 0 Å². The molecule has 1 amide bonds. The van der Waals surface area contributed by atoms with Gasteiger partial charge in [-0.15, -0.1) is 0 Å². The Bertz CT molecular complexity index is 284. The molecule has 6 heteroatoms. The highest BCUT2D eigenvalue weighted by molar-refractivity contribution is 6.57. The van der Waals surface area contributed by atoms with Crippen LogP contribution in [-0.2, 0) is 9.53 Å². The number of piperazine rings is 1. The Balaban J connectivity index is 2.11. The number of ether oxygens (including phenoxy) is 1. The molecule has 76 valence electrons. The number of likely N-dealkylation sites (tertiary alicyclic amines) is 1. The van der Waals surface area contributed by atoms with Gasteiger partial charge in [0.15, 0.2) is 5.81 Å². The van der Waals surface area contributed by atoms with E-state index in [0.29, 0.717) is 6.54 Å². The monoisotopic (exact) mass is 196 g/mol. The Labute approximate surface area is 83.2 Å². The van der Waals surface area contributed by atoms with Crippen LogP contribution in [0.1, 0.15) is 6.42 Å². The molecule has 0 aliphatic carbocycles. The van der Waals surface area contributed by atoms with Crippen molar-refractivity contribution in [2.24, 2.45) is 0 Å². The van der Waals surface area contributed by atoms with Crippen LogP contribution < -0.4 is 5.32 Å². The summed E-state index contributed by atoms with van der Waals surface area (Å²) in [6.45, 7) is 0.716.